The molecule has 0 saturated carbocycles. The van der Waals surface area contributed by atoms with E-state index in [1.807, 2.05) is 0 Å². The zero-order valence-electron chi connectivity index (χ0n) is 13.3. The molecule has 1 aromatic rings. The lowest BCUT2D eigenvalue weighted by Gasteiger charge is -2.40. The van der Waals surface area contributed by atoms with Crippen molar-refractivity contribution in [1.82, 2.24) is 14.9 Å². The van der Waals surface area contributed by atoms with Gasteiger partial charge in [-0.25, -0.2) is 0 Å². The Morgan fingerprint density at radius 2 is 1.77 bits per heavy atom. The van der Waals surface area contributed by atoms with Crippen LogP contribution in [0.1, 0.15) is 12.8 Å². The van der Waals surface area contributed by atoms with Crippen LogP contribution in [0.5, 0.6) is 11.8 Å². The Bertz CT molecular complexity index is 471. The molecule has 22 heavy (non-hydrogen) atoms. The first kappa shape index (κ1) is 15.3. The molecule has 3 heterocycles. The van der Waals surface area contributed by atoms with E-state index in [-0.39, 0.29) is 0 Å². The number of aromatic nitrogens is 2. The van der Waals surface area contributed by atoms with Crippen molar-refractivity contribution in [1.29, 1.82) is 0 Å². The predicted molar refractivity (Wildman–Crippen MR) is 82.8 cm³/mol. The maximum Gasteiger partial charge on any atom is 0.232 e. The summed E-state index contributed by atoms with van der Waals surface area (Å²) in [5, 5.41) is 0. The number of hydrogen-bond donors (Lipinski definition) is 0. The summed E-state index contributed by atoms with van der Waals surface area (Å²) in [6, 6.07) is 2.24. The van der Waals surface area contributed by atoms with Gasteiger partial charge in [-0.2, -0.15) is 9.97 Å². The van der Waals surface area contributed by atoms with Crippen molar-refractivity contribution in [3.8, 4) is 11.8 Å². The maximum absolute atomic E-state index is 5.45. The minimum atomic E-state index is 0.537. The number of piperidine rings is 1. The second-order valence-electron chi connectivity index (χ2n) is 5.64. The number of ether oxygens (including phenoxy) is 3. The SMILES string of the molecule is COc1cc(OC)nc(N2CCCC(N3CCOCC3)C2)n1. The Morgan fingerprint density at radius 3 is 2.41 bits per heavy atom. The van der Waals surface area contributed by atoms with Gasteiger partial charge >= 0.3 is 0 Å². The number of anilines is 1. The minimum Gasteiger partial charge on any atom is -0.481 e. The molecule has 0 N–H and O–H groups in total. The van der Waals surface area contributed by atoms with Gasteiger partial charge in [0.1, 0.15) is 0 Å². The van der Waals surface area contributed by atoms with Crippen molar-refractivity contribution in [2.75, 3.05) is 58.5 Å². The Balaban J connectivity index is 1.73. The number of morpholine rings is 1. The van der Waals surface area contributed by atoms with E-state index in [4.69, 9.17) is 14.2 Å². The quantitative estimate of drug-likeness (QED) is 0.815. The van der Waals surface area contributed by atoms with Gasteiger partial charge < -0.3 is 19.1 Å². The van der Waals surface area contributed by atoms with E-state index in [1.54, 1.807) is 20.3 Å². The van der Waals surface area contributed by atoms with Crippen LogP contribution >= 0.6 is 0 Å². The molecule has 1 unspecified atom stereocenters. The van der Waals surface area contributed by atoms with Crippen molar-refractivity contribution >= 4 is 5.95 Å². The van der Waals surface area contributed by atoms with E-state index in [0.717, 1.165) is 45.8 Å². The van der Waals surface area contributed by atoms with Crippen LogP contribution < -0.4 is 14.4 Å². The van der Waals surface area contributed by atoms with Gasteiger partial charge in [-0.3, -0.25) is 4.90 Å². The molecule has 1 aromatic heterocycles. The normalized spacial score (nSPS) is 23.4. The van der Waals surface area contributed by atoms with Crippen LogP contribution in [0.2, 0.25) is 0 Å². The highest BCUT2D eigenvalue weighted by atomic mass is 16.5. The van der Waals surface area contributed by atoms with E-state index in [1.165, 1.54) is 6.42 Å². The van der Waals surface area contributed by atoms with Crippen LogP contribution in [0.15, 0.2) is 6.07 Å². The van der Waals surface area contributed by atoms with Gasteiger partial charge in [-0.15, -0.1) is 0 Å². The summed E-state index contributed by atoms with van der Waals surface area (Å²) < 4.78 is 15.9. The molecule has 2 fully saturated rings. The van der Waals surface area contributed by atoms with Crippen molar-refractivity contribution in [2.24, 2.45) is 0 Å². The van der Waals surface area contributed by atoms with Crippen LogP contribution in [-0.2, 0) is 4.74 Å². The summed E-state index contributed by atoms with van der Waals surface area (Å²) in [5.41, 5.74) is 0. The van der Waals surface area contributed by atoms with E-state index in [0.29, 0.717) is 23.8 Å². The average Bonchev–Trinajstić information content (AvgIpc) is 2.62. The zero-order chi connectivity index (χ0) is 15.4. The van der Waals surface area contributed by atoms with Crippen molar-refractivity contribution in [3.63, 3.8) is 0 Å². The molecule has 2 aliphatic rings. The minimum absolute atomic E-state index is 0.537. The Kier molecular flexibility index (Phi) is 4.94. The van der Waals surface area contributed by atoms with E-state index < -0.39 is 0 Å². The predicted octanol–water partition coefficient (Wildman–Crippen LogP) is 0.795. The molecule has 2 saturated heterocycles. The lowest BCUT2D eigenvalue weighted by atomic mass is 10.0. The third-order valence-electron chi connectivity index (χ3n) is 4.33. The summed E-state index contributed by atoms with van der Waals surface area (Å²) in [5.74, 6) is 1.76. The second-order valence-corrected chi connectivity index (χ2v) is 5.64. The van der Waals surface area contributed by atoms with Crippen LogP contribution in [0.4, 0.5) is 5.95 Å². The Morgan fingerprint density at radius 1 is 1.09 bits per heavy atom. The van der Waals surface area contributed by atoms with Crippen molar-refractivity contribution in [2.45, 2.75) is 18.9 Å². The third kappa shape index (κ3) is 3.41. The standard InChI is InChI=1S/C15H24N4O3/c1-20-13-10-14(21-2)17-15(16-13)19-5-3-4-12(11-19)18-6-8-22-9-7-18/h10,12H,3-9,11H2,1-2H3. The molecule has 2 aliphatic heterocycles. The molecule has 7 heteroatoms. The number of methoxy groups -OCH3 is 2. The highest BCUT2D eigenvalue weighted by Crippen LogP contribution is 2.24. The van der Waals surface area contributed by atoms with E-state index >= 15 is 0 Å². The van der Waals surface area contributed by atoms with Gasteiger partial charge in [0.25, 0.3) is 0 Å². The topological polar surface area (TPSA) is 60.0 Å². The number of nitrogens with zero attached hydrogens (tertiary/aromatic N) is 4. The molecule has 0 amide bonds. The monoisotopic (exact) mass is 308 g/mol. The van der Waals surface area contributed by atoms with Gasteiger partial charge in [0.2, 0.25) is 17.7 Å². The molecule has 0 aromatic carbocycles. The molecular weight excluding hydrogens is 284 g/mol. The van der Waals surface area contributed by atoms with Gasteiger partial charge in [0.05, 0.1) is 33.5 Å². The first-order valence-electron chi connectivity index (χ1n) is 7.84. The zero-order valence-corrected chi connectivity index (χ0v) is 13.3. The molecular formula is C15H24N4O3. The summed E-state index contributed by atoms with van der Waals surface area (Å²) in [4.78, 5) is 13.7. The highest BCUT2D eigenvalue weighted by Gasteiger charge is 2.28. The molecule has 7 nitrogen and oxygen atoms in total. The average molecular weight is 308 g/mol. The van der Waals surface area contributed by atoms with Crippen molar-refractivity contribution < 1.29 is 14.2 Å². The van der Waals surface area contributed by atoms with Crippen LogP contribution in [-0.4, -0.2) is 74.5 Å². The van der Waals surface area contributed by atoms with Crippen LogP contribution in [0, 0.1) is 0 Å². The molecule has 0 spiro atoms. The maximum atomic E-state index is 5.45. The molecule has 122 valence electrons. The molecule has 0 bridgehead atoms. The fraction of sp³-hybridized carbons (Fsp3) is 0.733. The fourth-order valence-electron chi connectivity index (χ4n) is 3.12. The van der Waals surface area contributed by atoms with Gasteiger partial charge in [0, 0.05) is 32.2 Å². The van der Waals surface area contributed by atoms with E-state index in [9.17, 15) is 0 Å². The lowest BCUT2D eigenvalue weighted by Crippen LogP contribution is -2.52. The smallest absolute Gasteiger partial charge is 0.232 e. The largest absolute Gasteiger partial charge is 0.481 e. The first-order valence-corrected chi connectivity index (χ1v) is 7.84. The Hall–Kier alpha value is -1.60. The summed E-state index contributed by atoms with van der Waals surface area (Å²) >= 11 is 0. The van der Waals surface area contributed by atoms with Gasteiger partial charge in [-0.1, -0.05) is 0 Å². The fourth-order valence-corrected chi connectivity index (χ4v) is 3.12. The number of rotatable bonds is 4. The second kappa shape index (κ2) is 7.11. The number of hydrogen-bond acceptors (Lipinski definition) is 7. The molecule has 3 rings (SSSR count). The van der Waals surface area contributed by atoms with Crippen molar-refractivity contribution in [3.05, 3.63) is 6.07 Å². The summed E-state index contributed by atoms with van der Waals surface area (Å²) in [6.45, 7) is 5.61. The summed E-state index contributed by atoms with van der Waals surface area (Å²) in [6.07, 6.45) is 2.36. The lowest BCUT2D eigenvalue weighted by molar-refractivity contribution is 0.0136. The van der Waals surface area contributed by atoms with Crippen LogP contribution in [0.3, 0.4) is 0 Å². The first-order chi connectivity index (χ1) is 10.8. The van der Waals surface area contributed by atoms with E-state index in [2.05, 4.69) is 19.8 Å². The Labute approximate surface area is 131 Å². The third-order valence-corrected chi connectivity index (χ3v) is 4.33. The molecule has 0 radical (unpaired) electrons. The molecule has 0 aliphatic carbocycles. The van der Waals surface area contributed by atoms with Gasteiger partial charge in [0.15, 0.2) is 0 Å². The summed E-state index contributed by atoms with van der Waals surface area (Å²) in [7, 11) is 3.22. The molecule has 1 atom stereocenters. The van der Waals surface area contributed by atoms with Gasteiger partial charge in [-0.05, 0) is 12.8 Å². The highest BCUT2D eigenvalue weighted by molar-refractivity contribution is 5.37. The van der Waals surface area contributed by atoms with Crippen LogP contribution in [0.25, 0.3) is 0 Å².